The molecule has 0 aliphatic heterocycles. The number of ether oxygens (including phenoxy) is 1. The van der Waals surface area contributed by atoms with E-state index in [1.165, 1.54) is 13.3 Å². The van der Waals surface area contributed by atoms with Crippen molar-refractivity contribution in [1.29, 1.82) is 0 Å². The Labute approximate surface area is 111 Å². The Bertz CT molecular complexity index is 540. The lowest BCUT2D eigenvalue weighted by molar-refractivity contribution is 0.0939. The van der Waals surface area contributed by atoms with Gasteiger partial charge in [-0.05, 0) is 24.6 Å². The number of carbonyl (C=O) groups is 1. The second-order valence-electron chi connectivity index (χ2n) is 4.07. The minimum atomic E-state index is -0.175. The zero-order valence-corrected chi connectivity index (χ0v) is 10.8. The van der Waals surface area contributed by atoms with Gasteiger partial charge in [0.15, 0.2) is 0 Å². The molecule has 0 aliphatic carbocycles. The van der Waals surface area contributed by atoms with E-state index in [0.717, 1.165) is 5.56 Å². The quantitative estimate of drug-likeness (QED) is 0.909. The van der Waals surface area contributed by atoms with E-state index < -0.39 is 0 Å². The normalized spacial score (nSPS) is 11.7. The van der Waals surface area contributed by atoms with Crippen LogP contribution in [0.3, 0.4) is 0 Å². The van der Waals surface area contributed by atoms with Crippen LogP contribution in [-0.2, 0) is 0 Å². The van der Waals surface area contributed by atoms with Crippen LogP contribution >= 0.6 is 0 Å². The van der Waals surface area contributed by atoms with Crippen molar-refractivity contribution in [3.05, 3.63) is 54.0 Å². The minimum Gasteiger partial charge on any atom is -0.481 e. The second kappa shape index (κ2) is 5.95. The molecule has 0 fully saturated rings. The van der Waals surface area contributed by atoms with E-state index in [1.54, 1.807) is 24.5 Å². The van der Waals surface area contributed by atoms with Gasteiger partial charge in [0.25, 0.3) is 5.91 Å². The van der Waals surface area contributed by atoms with Crippen molar-refractivity contribution in [2.24, 2.45) is 0 Å². The zero-order chi connectivity index (χ0) is 13.7. The van der Waals surface area contributed by atoms with Crippen LogP contribution in [0, 0.1) is 0 Å². The zero-order valence-electron chi connectivity index (χ0n) is 10.8. The molecular weight excluding hydrogens is 242 g/mol. The summed E-state index contributed by atoms with van der Waals surface area (Å²) in [5, 5.41) is 2.89. The number of aromatic nitrogens is 2. The molecule has 0 aliphatic rings. The third-order valence-corrected chi connectivity index (χ3v) is 2.74. The number of methoxy groups -OCH3 is 1. The van der Waals surface area contributed by atoms with Crippen LogP contribution in [0.1, 0.15) is 28.9 Å². The summed E-state index contributed by atoms with van der Waals surface area (Å²) in [6.07, 6.45) is 4.92. The monoisotopic (exact) mass is 257 g/mol. The lowest BCUT2D eigenvalue weighted by atomic mass is 10.1. The number of nitrogens with one attached hydrogen (secondary N) is 1. The van der Waals surface area contributed by atoms with E-state index in [4.69, 9.17) is 4.74 Å². The van der Waals surface area contributed by atoms with Crippen LogP contribution in [0.2, 0.25) is 0 Å². The number of nitrogens with zero attached hydrogens (tertiary/aromatic N) is 2. The van der Waals surface area contributed by atoms with Crippen LogP contribution in [0.5, 0.6) is 5.88 Å². The van der Waals surface area contributed by atoms with Gasteiger partial charge in [0, 0.05) is 24.7 Å². The van der Waals surface area contributed by atoms with Gasteiger partial charge in [0.1, 0.15) is 0 Å². The van der Waals surface area contributed by atoms with Crippen molar-refractivity contribution in [1.82, 2.24) is 15.3 Å². The molecule has 0 spiro atoms. The number of rotatable bonds is 4. The third-order valence-electron chi connectivity index (χ3n) is 2.74. The Balaban J connectivity index is 2.04. The number of amides is 1. The SMILES string of the molecule is COc1ccc(C(=O)NC(C)c2cccnc2)cn1. The molecule has 0 aromatic carbocycles. The minimum absolute atomic E-state index is 0.108. The largest absolute Gasteiger partial charge is 0.481 e. The molecule has 0 saturated heterocycles. The van der Waals surface area contributed by atoms with Gasteiger partial charge in [-0.25, -0.2) is 4.98 Å². The molecule has 1 atom stereocenters. The van der Waals surface area contributed by atoms with Gasteiger partial charge in [-0.3, -0.25) is 9.78 Å². The molecule has 0 radical (unpaired) electrons. The van der Waals surface area contributed by atoms with Crippen molar-refractivity contribution in [2.45, 2.75) is 13.0 Å². The van der Waals surface area contributed by atoms with Gasteiger partial charge in [0.2, 0.25) is 5.88 Å². The molecule has 5 nitrogen and oxygen atoms in total. The lowest BCUT2D eigenvalue weighted by Crippen LogP contribution is -2.26. The molecule has 1 unspecified atom stereocenters. The summed E-state index contributed by atoms with van der Waals surface area (Å²) in [7, 11) is 1.53. The van der Waals surface area contributed by atoms with Gasteiger partial charge in [-0.15, -0.1) is 0 Å². The summed E-state index contributed by atoms with van der Waals surface area (Å²) in [4.78, 5) is 20.0. The van der Waals surface area contributed by atoms with E-state index >= 15 is 0 Å². The first-order valence-electron chi connectivity index (χ1n) is 5.91. The molecule has 98 valence electrons. The maximum atomic E-state index is 12.0. The highest BCUT2D eigenvalue weighted by molar-refractivity contribution is 5.94. The number of hydrogen-bond acceptors (Lipinski definition) is 4. The van der Waals surface area contributed by atoms with Crippen molar-refractivity contribution >= 4 is 5.91 Å². The van der Waals surface area contributed by atoms with Crippen LogP contribution in [-0.4, -0.2) is 23.0 Å². The standard InChI is InChI=1S/C14H15N3O2/c1-10(11-4-3-7-15-8-11)17-14(18)12-5-6-13(19-2)16-9-12/h3-10H,1-2H3,(H,17,18). The average molecular weight is 257 g/mol. The van der Waals surface area contributed by atoms with Crippen LogP contribution < -0.4 is 10.1 Å². The average Bonchev–Trinajstić information content (AvgIpc) is 2.48. The highest BCUT2D eigenvalue weighted by Gasteiger charge is 2.11. The second-order valence-corrected chi connectivity index (χ2v) is 4.07. The molecule has 0 saturated carbocycles. The first kappa shape index (κ1) is 13.0. The van der Waals surface area contributed by atoms with Crippen molar-refractivity contribution in [2.75, 3.05) is 7.11 Å². The summed E-state index contributed by atoms with van der Waals surface area (Å²) in [5.74, 6) is 0.309. The summed E-state index contributed by atoms with van der Waals surface area (Å²) >= 11 is 0. The predicted molar refractivity (Wildman–Crippen MR) is 70.9 cm³/mol. The van der Waals surface area contributed by atoms with Gasteiger partial charge >= 0.3 is 0 Å². The molecule has 19 heavy (non-hydrogen) atoms. The Morgan fingerprint density at radius 1 is 1.32 bits per heavy atom. The molecule has 1 amide bonds. The smallest absolute Gasteiger partial charge is 0.253 e. The van der Waals surface area contributed by atoms with Crippen molar-refractivity contribution < 1.29 is 9.53 Å². The van der Waals surface area contributed by atoms with E-state index in [1.807, 2.05) is 19.1 Å². The highest BCUT2D eigenvalue weighted by Crippen LogP contribution is 2.12. The Morgan fingerprint density at radius 2 is 2.16 bits per heavy atom. The highest BCUT2D eigenvalue weighted by atomic mass is 16.5. The van der Waals surface area contributed by atoms with Crippen LogP contribution in [0.4, 0.5) is 0 Å². The molecule has 1 N–H and O–H groups in total. The molecule has 2 heterocycles. The summed E-state index contributed by atoms with van der Waals surface area (Å²) in [6.45, 7) is 1.91. The summed E-state index contributed by atoms with van der Waals surface area (Å²) in [6, 6.07) is 6.99. The van der Waals surface area contributed by atoms with E-state index in [-0.39, 0.29) is 11.9 Å². The van der Waals surface area contributed by atoms with E-state index in [0.29, 0.717) is 11.4 Å². The molecule has 0 bridgehead atoms. The van der Waals surface area contributed by atoms with E-state index in [9.17, 15) is 4.79 Å². The maximum absolute atomic E-state index is 12.0. The van der Waals surface area contributed by atoms with Crippen LogP contribution in [0.25, 0.3) is 0 Å². The topological polar surface area (TPSA) is 64.1 Å². The predicted octanol–water partition coefficient (Wildman–Crippen LogP) is 1.98. The Kier molecular flexibility index (Phi) is 4.07. The molecule has 2 aromatic rings. The first-order chi connectivity index (χ1) is 9.20. The number of hydrogen-bond donors (Lipinski definition) is 1. The van der Waals surface area contributed by atoms with Gasteiger partial charge in [-0.2, -0.15) is 0 Å². The maximum Gasteiger partial charge on any atom is 0.253 e. The molecule has 2 rings (SSSR count). The van der Waals surface area contributed by atoms with Gasteiger partial charge in [-0.1, -0.05) is 6.07 Å². The summed E-state index contributed by atoms with van der Waals surface area (Å²) < 4.78 is 4.95. The summed E-state index contributed by atoms with van der Waals surface area (Å²) in [5.41, 5.74) is 1.45. The lowest BCUT2D eigenvalue weighted by Gasteiger charge is -2.13. The number of carbonyl (C=O) groups excluding carboxylic acids is 1. The van der Waals surface area contributed by atoms with Crippen molar-refractivity contribution in [3.8, 4) is 5.88 Å². The fourth-order valence-electron chi connectivity index (χ4n) is 1.63. The molecule has 2 aromatic heterocycles. The van der Waals surface area contributed by atoms with Crippen LogP contribution in [0.15, 0.2) is 42.9 Å². The Hall–Kier alpha value is -2.43. The Morgan fingerprint density at radius 3 is 2.74 bits per heavy atom. The third kappa shape index (κ3) is 3.28. The first-order valence-corrected chi connectivity index (χ1v) is 5.91. The van der Waals surface area contributed by atoms with Gasteiger partial charge < -0.3 is 10.1 Å². The fraction of sp³-hybridized carbons (Fsp3) is 0.214. The van der Waals surface area contributed by atoms with E-state index in [2.05, 4.69) is 15.3 Å². The van der Waals surface area contributed by atoms with Gasteiger partial charge in [0.05, 0.1) is 18.7 Å². The molecular formula is C14H15N3O2. The molecule has 5 heteroatoms. The van der Waals surface area contributed by atoms with Crippen molar-refractivity contribution in [3.63, 3.8) is 0 Å². The number of pyridine rings is 2. The fourth-order valence-corrected chi connectivity index (χ4v) is 1.63.